The summed E-state index contributed by atoms with van der Waals surface area (Å²) in [6.45, 7) is 2.57. The van der Waals surface area contributed by atoms with Gasteiger partial charge < -0.3 is 10.1 Å². The lowest BCUT2D eigenvalue weighted by molar-refractivity contribution is -0.138. The smallest absolute Gasteiger partial charge is 0.375 e. The van der Waals surface area contributed by atoms with E-state index in [0.717, 1.165) is 19.3 Å². The molecule has 0 aliphatic carbocycles. The Kier molecular flexibility index (Phi) is 3.97. The summed E-state index contributed by atoms with van der Waals surface area (Å²) in [7, 11) is 0. The maximum Gasteiger partial charge on any atom is 0.416 e. The van der Waals surface area contributed by atoms with Gasteiger partial charge in [-0.25, -0.2) is 0 Å². The largest absolute Gasteiger partial charge is 0.416 e. The molecule has 2 aliphatic heterocycles. The SMILES string of the molecule is CCNC(c1ccccc1C(F)(F)F)C1CC2CCC1O2. The van der Waals surface area contributed by atoms with Gasteiger partial charge in [0.15, 0.2) is 0 Å². The molecule has 2 fully saturated rings. The summed E-state index contributed by atoms with van der Waals surface area (Å²) in [5, 5.41) is 3.26. The molecule has 0 aromatic heterocycles. The van der Waals surface area contributed by atoms with Gasteiger partial charge in [0.2, 0.25) is 0 Å². The average Bonchev–Trinajstić information content (AvgIpc) is 3.06. The summed E-state index contributed by atoms with van der Waals surface area (Å²) in [5.41, 5.74) is -0.174. The van der Waals surface area contributed by atoms with E-state index in [4.69, 9.17) is 4.74 Å². The number of fused-ring (bicyclic) bond motifs is 2. The first-order valence-corrected chi connectivity index (χ1v) is 7.55. The monoisotopic (exact) mass is 299 g/mol. The highest BCUT2D eigenvalue weighted by atomic mass is 19.4. The second kappa shape index (κ2) is 5.61. The summed E-state index contributed by atoms with van der Waals surface area (Å²) in [6, 6.07) is 5.62. The van der Waals surface area contributed by atoms with Crippen LogP contribution in [0.3, 0.4) is 0 Å². The number of rotatable bonds is 4. The average molecular weight is 299 g/mol. The predicted octanol–water partition coefficient (Wildman–Crippen LogP) is 3.92. The lowest BCUT2D eigenvalue weighted by atomic mass is 9.79. The van der Waals surface area contributed by atoms with E-state index in [2.05, 4.69) is 5.32 Å². The van der Waals surface area contributed by atoms with Crippen molar-refractivity contribution in [1.82, 2.24) is 5.32 Å². The van der Waals surface area contributed by atoms with Crippen LogP contribution in [0.25, 0.3) is 0 Å². The highest BCUT2D eigenvalue weighted by molar-refractivity contribution is 5.33. The molecule has 5 heteroatoms. The van der Waals surface area contributed by atoms with Crippen LogP contribution in [0.1, 0.15) is 43.4 Å². The molecule has 116 valence electrons. The molecular formula is C16H20F3NO. The van der Waals surface area contributed by atoms with Crippen LogP contribution in [-0.4, -0.2) is 18.8 Å². The molecular weight excluding hydrogens is 279 g/mol. The Hall–Kier alpha value is -1.07. The first kappa shape index (κ1) is 14.9. The number of hydrogen-bond acceptors (Lipinski definition) is 2. The van der Waals surface area contributed by atoms with Gasteiger partial charge in [-0.1, -0.05) is 25.1 Å². The third-order valence-corrected chi connectivity index (χ3v) is 4.61. The number of hydrogen-bond donors (Lipinski definition) is 1. The van der Waals surface area contributed by atoms with Crippen LogP contribution in [0.2, 0.25) is 0 Å². The molecule has 2 bridgehead atoms. The summed E-state index contributed by atoms with van der Waals surface area (Å²) in [6.07, 6.45) is -1.12. The van der Waals surface area contributed by atoms with E-state index in [9.17, 15) is 13.2 Å². The van der Waals surface area contributed by atoms with Crippen LogP contribution in [0.4, 0.5) is 13.2 Å². The molecule has 2 aliphatic rings. The predicted molar refractivity (Wildman–Crippen MR) is 73.9 cm³/mol. The van der Waals surface area contributed by atoms with Crippen molar-refractivity contribution in [2.75, 3.05) is 6.54 Å². The maximum atomic E-state index is 13.3. The fourth-order valence-corrected chi connectivity index (χ4v) is 3.77. The zero-order chi connectivity index (χ0) is 15.0. The number of alkyl halides is 3. The van der Waals surface area contributed by atoms with Crippen molar-refractivity contribution in [1.29, 1.82) is 0 Å². The molecule has 1 aromatic carbocycles. The summed E-state index contributed by atoms with van der Waals surface area (Å²) >= 11 is 0. The Balaban J connectivity index is 1.95. The number of halogens is 3. The Bertz CT molecular complexity index is 503. The van der Waals surface area contributed by atoms with E-state index in [0.29, 0.717) is 12.1 Å². The van der Waals surface area contributed by atoms with Crippen molar-refractivity contribution in [3.8, 4) is 0 Å². The lowest BCUT2D eigenvalue weighted by Crippen LogP contribution is -2.35. The quantitative estimate of drug-likeness (QED) is 0.909. The maximum absolute atomic E-state index is 13.3. The van der Waals surface area contributed by atoms with Crippen molar-refractivity contribution in [3.63, 3.8) is 0 Å². The number of benzene rings is 1. The molecule has 2 saturated heterocycles. The van der Waals surface area contributed by atoms with Crippen LogP contribution >= 0.6 is 0 Å². The Morgan fingerprint density at radius 2 is 2.05 bits per heavy atom. The van der Waals surface area contributed by atoms with Gasteiger partial charge in [-0.05, 0) is 37.4 Å². The van der Waals surface area contributed by atoms with E-state index >= 15 is 0 Å². The molecule has 1 N–H and O–H groups in total. The van der Waals surface area contributed by atoms with Crippen LogP contribution in [-0.2, 0) is 10.9 Å². The zero-order valence-electron chi connectivity index (χ0n) is 12.0. The fraction of sp³-hybridized carbons (Fsp3) is 0.625. The molecule has 0 amide bonds. The minimum atomic E-state index is -4.32. The van der Waals surface area contributed by atoms with Gasteiger partial charge in [0.25, 0.3) is 0 Å². The second-order valence-electron chi connectivity index (χ2n) is 5.89. The fourth-order valence-electron chi connectivity index (χ4n) is 3.77. The molecule has 2 heterocycles. The van der Waals surface area contributed by atoms with Crippen molar-refractivity contribution < 1.29 is 17.9 Å². The first-order valence-electron chi connectivity index (χ1n) is 7.55. The van der Waals surface area contributed by atoms with Crippen LogP contribution in [0, 0.1) is 5.92 Å². The summed E-state index contributed by atoms with van der Waals surface area (Å²) < 4.78 is 45.6. The normalized spacial score (nSPS) is 29.8. The third-order valence-electron chi connectivity index (χ3n) is 4.61. The van der Waals surface area contributed by atoms with E-state index < -0.39 is 11.7 Å². The molecule has 4 atom stereocenters. The van der Waals surface area contributed by atoms with Gasteiger partial charge in [-0.3, -0.25) is 0 Å². The van der Waals surface area contributed by atoms with Crippen molar-refractivity contribution in [2.24, 2.45) is 5.92 Å². The molecule has 4 unspecified atom stereocenters. The van der Waals surface area contributed by atoms with Crippen LogP contribution in [0.15, 0.2) is 24.3 Å². The topological polar surface area (TPSA) is 21.3 Å². The van der Waals surface area contributed by atoms with Gasteiger partial charge in [0.1, 0.15) is 0 Å². The Morgan fingerprint density at radius 3 is 2.62 bits per heavy atom. The van der Waals surface area contributed by atoms with Gasteiger partial charge in [-0.15, -0.1) is 0 Å². The van der Waals surface area contributed by atoms with Crippen LogP contribution in [0.5, 0.6) is 0 Å². The molecule has 0 radical (unpaired) electrons. The van der Waals surface area contributed by atoms with Gasteiger partial charge in [-0.2, -0.15) is 13.2 Å². The minimum Gasteiger partial charge on any atom is -0.375 e. The summed E-state index contributed by atoms with van der Waals surface area (Å²) in [4.78, 5) is 0. The number of nitrogens with one attached hydrogen (secondary N) is 1. The van der Waals surface area contributed by atoms with Gasteiger partial charge in [0, 0.05) is 12.0 Å². The van der Waals surface area contributed by atoms with E-state index in [1.54, 1.807) is 12.1 Å². The zero-order valence-corrected chi connectivity index (χ0v) is 12.0. The highest BCUT2D eigenvalue weighted by Crippen LogP contribution is 2.46. The van der Waals surface area contributed by atoms with E-state index in [1.807, 2.05) is 6.92 Å². The van der Waals surface area contributed by atoms with E-state index in [1.165, 1.54) is 12.1 Å². The molecule has 0 saturated carbocycles. The Morgan fingerprint density at radius 1 is 1.29 bits per heavy atom. The van der Waals surface area contributed by atoms with Crippen LogP contribution < -0.4 is 5.32 Å². The van der Waals surface area contributed by atoms with Gasteiger partial charge >= 0.3 is 6.18 Å². The van der Waals surface area contributed by atoms with Crippen molar-refractivity contribution in [2.45, 2.75) is 50.6 Å². The van der Waals surface area contributed by atoms with Crippen molar-refractivity contribution >= 4 is 0 Å². The molecule has 1 aromatic rings. The number of ether oxygens (including phenoxy) is 1. The molecule has 2 nitrogen and oxygen atoms in total. The lowest BCUT2D eigenvalue weighted by Gasteiger charge is -2.31. The van der Waals surface area contributed by atoms with Gasteiger partial charge in [0.05, 0.1) is 17.8 Å². The first-order chi connectivity index (χ1) is 10.0. The molecule has 3 rings (SSSR count). The minimum absolute atomic E-state index is 0.0975. The second-order valence-corrected chi connectivity index (χ2v) is 5.89. The molecule has 0 spiro atoms. The van der Waals surface area contributed by atoms with Crippen molar-refractivity contribution in [3.05, 3.63) is 35.4 Å². The van der Waals surface area contributed by atoms with E-state index in [-0.39, 0.29) is 24.2 Å². The highest BCUT2D eigenvalue weighted by Gasteiger charge is 2.46. The Labute approximate surface area is 122 Å². The third kappa shape index (κ3) is 2.81. The standard InChI is InChI=1S/C16H20F3NO/c1-2-20-15(12-9-10-7-8-14(12)21-10)11-5-3-4-6-13(11)16(17,18)19/h3-6,10,12,14-15,20H,2,7-9H2,1H3. The molecule has 21 heavy (non-hydrogen) atoms. The summed E-state index contributed by atoms with van der Waals surface area (Å²) in [5.74, 6) is 0.132.